The molecule has 0 unspecified atom stereocenters. The summed E-state index contributed by atoms with van der Waals surface area (Å²) in [6.07, 6.45) is -1.11. The zero-order valence-electron chi connectivity index (χ0n) is 28.6. The highest BCUT2D eigenvalue weighted by atomic mass is 19.1. The van der Waals surface area contributed by atoms with Crippen molar-refractivity contribution in [3.05, 3.63) is 65.4 Å². The van der Waals surface area contributed by atoms with Gasteiger partial charge in [0, 0.05) is 28.7 Å². The maximum atomic E-state index is 13.6. The van der Waals surface area contributed by atoms with Crippen molar-refractivity contribution in [1.82, 2.24) is 15.1 Å². The Labute approximate surface area is 200 Å². The molecule has 2 aromatic carbocycles. The zero-order valence-corrected chi connectivity index (χ0v) is 17.6. The molecule has 31 heavy (non-hydrogen) atoms. The van der Waals surface area contributed by atoms with Crippen molar-refractivity contribution in [2.24, 2.45) is 5.92 Å². The van der Waals surface area contributed by atoms with E-state index in [-0.39, 0.29) is 35.3 Å². The first-order valence-electron chi connectivity index (χ1n) is 15.6. The standard InChI is InChI=1S/C25H34FN3O2/c1-19(2)18-31-24-10-6-20(7-11-24)16-27-25(30)29(23-12-14-28(3)15-13-23)17-21-4-8-22(26)9-5-21/h4-11,19,23H,12-18H2,1-3H3,(H,27,30)/i3D3,6D,7D,10D,11D,14D2,15D2. The molecule has 2 aromatic rings. The Hall–Kier alpha value is -2.60. The minimum Gasteiger partial charge on any atom is -0.493 e. The van der Waals surface area contributed by atoms with Crippen LogP contribution in [0.1, 0.15) is 52.9 Å². The van der Waals surface area contributed by atoms with Gasteiger partial charge in [0.15, 0.2) is 0 Å². The monoisotopic (exact) mass is 438 g/mol. The molecule has 168 valence electrons. The van der Waals surface area contributed by atoms with E-state index < -0.39 is 81.4 Å². The minimum atomic E-state index is -3.09. The molecule has 1 aliphatic rings. The fourth-order valence-corrected chi connectivity index (χ4v) is 2.90. The smallest absolute Gasteiger partial charge is 0.318 e. The summed E-state index contributed by atoms with van der Waals surface area (Å²) in [5.41, 5.74) is 0.307. The van der Waals surface area contributed by atoms with Gasteiger partial charge in [-0.05, 0) is 74.1 Å². The fraction of sp³-hybridized carbons (Fsp3) is 0.480. The van der Waals surface area contributed by atoms with Crippen molar-refractivity contribution in [2.45, 2.75) is 45.8 Å². The van der Waals surface area contributed by atoms with Crippen LogP contribution >= 0.6 is 0 Å². The summed E-state index contributed by atoms with van der Waals surface area (Å²) >= 11 is 0. The van der Waals surface area contributed by atoms with Gasteiger partial charge in [-0.15, -0.1) is 0 Å². The third-order valence-corrected chi connectivity index (χ3v) is 4.57. The highest BCUT2D eigenvalue weighted by Crippen LogP contribution is 2.19. The van der Waals surface area contributed by atoms with Gasteiger partial charge in [0.05, 0.1) is 12.1 Å². The van der Waals surface area contributed by atoms with E-state index >= 15 is 0 Å². The Balaban J connectivity index is 1.93. The van der Waals surface area contributed by atoms with E-state index in [0.717, 1.165) is 17.0 Å². The molecule has 3 rings (SSSR count). The molecule has 0 radical (unpaired) electrons. The second kappa shape index (κ2) is 11.1. The molecule has 1 N–H and O–H groups in total. The van der Waals surface area contributed by atoms with Gasteiger partial charge in [-0.3, -0.25) is 0 Å². The van der Waals surface area contributed by atoms with Crippen molar-refractivity contribution in [1.29, 1.82) is 0 Å². The lowest BCUT2D eigenvalue weighted by Crippen LogP contribution is -2.49. The second-order valence-electron chi connectivity index (χ2n) is 7.64. The molecule has 0 aliphatic carbocycles. The molecule has 1 heterocycles. The molecule has 1 saturated heterocycles. The van der Waals surface area contributed by atoms with E-state index in [2.05, 4.69) is 5.32 Å². The van der Waals surface area contributed by atoms with E-state index in [9.17, 15) is 9.18 Å². The number of rotatable bonds is 8. The third-order valence-electron chi connectivity index (χ3n) is 4.57. The molecule has 2 amide bonds. The average Bonchev–Trinajstić information content (AvgIpc) is 2.84. The average molecular weight is 439 g/mol. The highest BCUT2D eigenvalue weighted by molar-refractivity contribution is 5.74. The van der Waals surface area contributed by atoms with Crippen LogP contribution in [0.25, 0.3) is 0 Å². The van der Waals surface area contributed by atoms with E-state index in [1.165, 1.54) is 12.1 Å². The van der Waals surface area contributed by atoms with Crippen LogP contribution in [-0.4, -0.2) is 48.4 Å². The first kappa shape index (κ1) is 12.4. The first-order valence-corrected chi connectivity index (χ1v) is 10.1. The van der Waals surface area contributed by atoms with Crippen LogP contribution in [0.5, 0.6) is 5.75 Å². The SMILES string of the molecule is [2H]c1c([2H])c(OCC(C)C)c([2H])c([2H])c1CNC(=O)N(Cc1ccc(F)cc1)C1CC([2H])([2H])N(C([2H])([2H])[2H])C([2H])([2H])C1. The van der Waals surface area contributed by atoms with Crippen LogP contribution < -0.4 is 10.1 Å². The van der Waals surface area contributed by atoms with Crippen LogP contribution in [0.15, 0.2) is 48.4 Å². The van der Waals surface area contributed by atoms with E-state index in [1.54, 1.807) is 0 Å². The molecule has 0 aromatic heterocycles. The van der Waals surface area contributed by atoms with Crippen molar-refractivity contribution in [2.75, 3.05) is 26.6 Å². The summed E-state index contributed by atoms with van der Waals surface area (Å²) < 4.78 is 109. The molecule has 0 atom stereocenters. The van der Waals surface area contributed by atoms with Gasteiger partial charge in [0.1, 0.15) is 11.6 Å². The summed E-state index contributed by atoms with van der Waals surface area (Å²) in [6.45, 7) is -5.21. The Kier molecular flexibility index (Phi) is 4.47. The number of urea groups is 1. The van der Waals surface area contributed by atoms with Gasteiger partial charge >= 0.3 is 6.03 Å². The summed E-state index contributed by atoms with van der Waals surface area (Å²) in [6, 6.07) is 1.46. The summed E-state index contributed by atoms with van der Waals surface area (Å²) in [5, 5.41) is 2.53. The third kappa shape index (κ3) is 7.24. The molecule has 1 fully saturated rings. The molecule has 0 spiro atoms. The maximum absolute atomic E-state index is 13.6. The van der Waals surface area contributed by atoms with Gasteiger partial charge in [-0.1, -0.05) is 38.1 Å². The minimum absolute atomic E-state index is 0.0715. The number of benzene rings is 2. The van der Waals surface area contributed by atoms with E-state index in [4.69, 9.17) is 19.8 Å². The number of carbonyl (C=O) groups is 1. The number of halogens is 1. The van der Waals surface area contributed by atoms with Gasteiger partial charge < -0.3 is 19.9 Å². The number of piperidine rings is 1. The normalized spacial score (nSPS) is 23.9. The Morgan fingerprint density at radius 3 is 2.55 bits per heavy atom. The highest BCUT2D eigenvalue weighted by Gasteiger charge is 2.27. The topological polar surface area (TPSA) is 44.8 Å². The van der Waals surface area contributed by atoms with Gasteiger partial charge in [-0.2, -0.15) is 0 Å². The van der Waals surface area contributed by atoms with Crippen LogP contribution in [0, 0.1) is 11.7 Å². The predicted octanol–water partition coefficient (Wildman–Crippen LogP) is 4.67. The largest absolute Gasteiger partial charge is 0.493 e. The molecule has 1 aliphatic heterocycles. The number of hydrogen-bond donors (Lipinski definition) is 1. The van der Waals surface area contributed by atoms with E-state index in [1.807, 2.05) is 13.8 Å². The zero-order chi connectivity index (χ0) is 31.8. The number of carbonyl (C=O) groups excluding carboxylic acids is 1. The summed E-state index contributed by atoms with van der Waals surface area (Å²) in [4.78, 5) is 14.8. The van der Waals surface area contributed by atoms with Gasteiger partial charge in [0.25, 0.3) is 0 Å². The number of nitrogens with one attached hydrogen (secondary N) is 1. The Bertz CT molecular complexity index is 1240. The van der Waals surface area contributed by atoms with Crippen molar-refractivity contribution >= 4 is 6.03 Å². The van der Waals surface area contributed by atoms with Crippen LogP contribution in [0.2, 0.25) is 0 Å². The van der Waals surface area contributed by atoms with Crippen LogP contribution in [-0.2, 0) is 13.1 Å². The molecule has 0 saturated carbocycles. The lowest BCUT2D eigenvalue weighted by molar-refractivity contribution is 0.127. The second-order valence-corrected chi connectivity index (χ2v) is 7.64. The van der Waals surface area contributed by atoms with Crippen molar-refractivity contribution in [3.63, 3.8) is 0 Å². The molecular formula is C25H34FN3O2. The lowest BCUT2D eigenvalue weighted by atomic mass is 10.0. The number of nitrogens with zero attached hydrogens (tertiary/aromatic N) is 2. The fourth-order valence-electron chi connectivity index (χ4n) is 2.90. The molecule has 0 bridgehead atoms. The van der Waals surface area contributed by atoms with E-state index in [0.29, 0.717) is 5.56 Å². The summed E-state index contributed by atoms with van der Waals surface area (Å²) in [7, 11) is 0. The van der Waals surface area contributed by atoms with Crippen LogP contribution in [0.3, 0.4) is 0 Å². The quantitative estimate of drug-likeness (QED) is 0.652. The number of likely N-dealkylation sites (tertiary alicyclic amines) is 1. The lowest BCUT2D eigenvalue weighted by Gasteiger charge is -2.37. The van der Waals surface area contributed by atoms with Gasteiger partial charge in [-0.25, -0.2) is 9.18 Å². The number of hydrogen-bond acceptors (Lipinski definition) is 3. The van der Waals surface area contributed by atoms with Crippen LogP contribution in [0.4, 0.5) is 9.18 Å². The number of ether oxygens (including phenoxy) is 1. The molecular weight excluding hydrogens is 393 g/mol. The maximum Gasteiger partial charge on any atom is 0.318 e. The first-order chi connectivity index (χ1) is 19.3. The summed E-state index contributed by atoms with van der Waals surface area (Å²) in [5.74, 6) is -0.669. The van der Waals surface area contributed by atoms with Gasteiger partial charge in [0.2, 0.25) is 0 Å². The predicted molar refractivity (Wildman–Crippen MR) is 121 cm³/mol. The number of amides is 2. The molecule has 5 nitrogen and oxygen atoms in total. The molecule has 6 heteroatoms. The Morgan fingerprint density at radius 1 is 1.26 bits per heavy atom. The van der Waals surface area contributed by atoms with Crippen molar-refractivity contribution < 1.29 is 29.0 Å². The van der Waals surface area contributed by atoms with Crippen molar-refractivity contribution in [3.8, 4) is 5.75 Å². The Morgan fingerprint density at radius 2 is 1.94 bits per heavy atom.